The molecule has 1 fully saturated rings. The van der Waals surface area contributed by atoms with Crippen molar-refractivity contribution in [3.63, 3.8) is 0 Å². The van der Waals surface area contributed by atoms with Crippen molar-refractivity contribution >= 4 is 12.2 Å². The molecule has 1 heterocycles. The van der Waals surface area contributed by atoms with Crippen LogP contribution in [-0.4, -0.2) is 18.2 Å². The standard InChI is InChI=1S/C25H30N2O3/c1-6-17(3)27-26-15-21-23(25(21,4)5)24(28)30-22(7-2)19-14-20(29-16-19)13-18-11-9-8-10-12-18/h2,8-12,14-17,21-23,27H,6,13H2,1,3-5H3/b26-15+. The molecule has 1 N–H and O–H groups in total. The zero-order valence-electron chi connectivity index (χ0n) is 18.1. The topological polar surface area (TPSA) is 63.8 Å². The second-order valence-corrected chi connectivity index (χ2v) is 8.53. The van der Waals surface area contributed by atoms with Crippen molar-refractivity contribution in [3.05, 3.63) is 59.5 Å². The van der Waals surface area contributed by atoms with Crippen molar-refractivity contribution in [1.82, 2.24) is 5.43 Å². The quantitative estimate of drug-likeness (QED) is 0.283. The lowest BCUT2D eigenvalue weighted by atomic mass is 10.1. The van der Waals surface area contributed by atoms with E-state index in [4.69, 9.17) is 15.6 Å². The number of carbonyl (C=O) groups excluding carboxylic acids is 1. The van der Waals surface area contributed by atoms with Crippen molar-refractivity contribution in [1.29, 1.82) is 0 Å². The molecule has 0 bridgehead atoms. The van der Waals surface area contributed by atoms with Gasteiger partial charge in [0, 0.05) is 30.2 Å². The molecule has 5 nitrogen and oxygen atoms in total. The molecule has 0 amide bonds. The van der Waals surface area contributed by atoms with Gasteiger partial charge < -0.3 is 14.6 Å². The summed E-state index contributed by atoms with van der Waals surface area (Å²) in [7, 11) is 0. The number of esters is 1. The molecule has 1 aliphatic carbocycles. The van der Waals surface area contributed by atoms with E-state index in [1.165, 1.54) is 0 Å². The first kappa shape index (κ1) is 21.7. The van der Waals surface area contributed by atoms with E-state index in [1.807, 2.05) is 56.5 Å². The number of rotatable bonds is 9. The van der Waals surface area contributed by atoms with Gasteiger partial charge in [-0.1, -0.05) is 57.0 Å². The Labute approximate surface area is 178 Å². The number of benzene rings is 1. The van der Waals surface area contributed by atoms with Gasteiger partial charge in [-0.3, -0.25) is 4.79 Å². The SMILES string of the molecule is C#CC(OC(=O)C1C(/C=N/NC(C)CC)C1(C)C)c1coc(Cc2ccccc2)c1. The molecule has 5 heteroatoms. The van der Waals surface area contributed by atoms with Gasteiger partial charge in [0.25, 0.3) is 0 Å². The molecule has 3 rings (SSSR count). The summed E-state index contributed by atoms with van der Waals surface area (Å²) in [5, 5.41) is 4.29. The van der Waals surface area contributed by atoms with Crippen molar-refractivity contribution in [2.45, 2.75) is 52.7 Å². The van der Waals surface area contributed by atoms with Crippen LogP contribution in [0.3, 0.4) is 0 Å². The number of hydrogen-bond acceptors (Lipinski definition) is 5. The molecule has 2 aromatic rings. The van der Waals surface area contributed by atoms with E-state index in [2.05, 4.69) is 30.3 Å². The zero-order chi connectivity index (χ0) is 21.7. The van der Waals surface area contributed by atoms with Gasteiger partial charge in [-0.05, 0) is 30.4 Å². The average molecular weight is 407 g/mol. The number of hydrogen-bond donors (Lipinski definition) is 1. The maximum absolute atomic E-state index is 12.8. The van der Waals surface area contributed by atoms with Gasteiger partial charge in [-0.25, -0.2) is 0 Å². The summed E-state index contributed by atoms with van der Waals surface area (Å²) in [6.45, 7) is 8.24. The van der Waals surface area contributed by atoms with Gasteiger partial charge in [-0.15, -0.1) is 6.42 Å². The number of ether oxygens (including phenoxy) is 1. The summed E-state index contributed by atoms with van der Waals surface area (Å²) in [6, 6.07) is 12.2. The van der Waals surface area contributed by atoms with E-state index in [-0.39, 0.29) is 23.2 Å². The molecule has 30 heavy (non-hydrogen) atoms. The molecule has 4 unspecified atom stereocenters. The Balaban J connectivity index is 1.61. The van der Waals surface area contributed by atoms with Gasteiger partial charge in [0.1, 0.15) is 5.76 Å². The van der Waals surface area contributed by atoms with E-state index in [1.54, 1.807) is 6.26 Å². The largest absolute Gasteiger partial charge is 0.469 e. The summed E-state index contributed by atoms with van der Waals surface area (Å²) >= 11 is 0. The van der Waals surface area contributed by atoms with Gasteiger partial charge in [-0.2, -0.15) is 5.10 Å². The maximum atomic E-state index is 12.8. The lowest BCUT2D eigenvalue weighted by molar-refractivity contribution is -0.149. The van der Waals surface area contributed by atoms with Gasteiger partial charge in [0.05, 0.1) is 12.2 Å². The Morgan fingerprint density at radius 2 is 2.13 bits per heavy atom. The van der Waals surface area contributed by atoms with Crippen LogP contribution >= 0.6 is 0 Å². The minimum absolute atomic E-state index is 0.0259. The monoisotopic (exact) mass is 406 g/mol. The minimum atomic E-state index is -0.766. The highest BCUT2D eigenvalue weighted by molar-refractivity contribution is 5.85. The first-order chi connectivity index (χ1) is 14.4. The Morgan fingerprint density at radius 1 is 1.40 bits per heavy atom. The van der Waals surface area contributed by atoms with E-state index in [0.717, 1.165) is 17.7 Å². The van der Waals surface area contributed by atoms with E-state index < -0.39 is 6.10 Å². The molecular formula is C25H30N2O3. The highest BCUT2D eigenvalue weighted by atomic mass is 16.5. The predicted octanol–water partition coefficient (Wildman–Crippen LogP) is 4.73. The molecule has 1 aliphatic rings. The maximum Gasteiger partial charge on any atom is 0.311 e. The van der Waals surface area contributed by atoms with Crippen LogP contribution in [0.4, 0.5) is 0 Å². The lowest BCUT2D eigenvalue weighted by Crippen LogP contribution is -2.19. The fourth-order valence-corrected chi connectivity index (χ4v) is 3.56. The Hall–Kier alpha value is -3.00. The number of furan rings is 1. The van der Waals surface area contributed by atoms with Crippen molar-refractivity contribution in [2.75, 3.05) is 0 Å². The molecule has 1 aromatic carbocycles. The Bertz CT molecular complexity index is 923. The summed E-state index contributed by atoms with van der Waals surface area (Å²) in [5.74, 6) is 2.82. The molecule has 0 spiro atoms. The van der Waals surface area contributed by atoms with Gasteiger partial charge >= 0.3 is 5.97 Å². The Kier molecular flexibility index (Phi) is 6.66. The van der Waals surface area contributed by atoms with Crippen LogP contribution in [0.5, 0.6) is 0 Å². The smallest absolute Gasteiger partial charge is 0.311 e. The first-order valence-electron chi connectivity index (χ1n) is 10.4. The zero-order valence-corrected chi connectivity index (χ0v) is 18.1. The molecule has 158 valence electrons. The van der Waals surface area contributed by atoms with Crippen LogP contribution in [0, 0.1) is 29.6 Å². The van der Waals surface area contributed by atoms with Gasteiger partial charge in [0.15, 0.2) is 6.10 Å². The predicted molar refractivity (Wildman–Crippen MR) is 118 cm³/mol. The third-order valence-corrected chi connectivity index (χ3v) is 5.89. The fourth-order valence-electron chi connectivity index (χ4n) is 3.56. The van der Waals surface area contributed by atoms with Gasteiger partial charge in [0.2, 0.25) is 0 Å². The molecule has 0 radical (unpaired) electrons. The van der Waals surface area contributed by atoms with Crippen LogP contribution in [-0.2, 0) is 16.0 Å². The minimum Gasteiger partial charge on any atom is -0.469 e. The number of carbonyl (C=O) groups is 1. The highest BCUT2D eigenvalue weighted by Crippen LogP contribution is 2.58. The second kappa shape index (κ2) is 9.21. The lowest BCUT2D eigenvalue weighted by Gasteiger charge is -2.11. The summed E-state index contributed by atoms with van der Waals surface area (Å²) in [5.41, 5.74) is 4.69. The van der Waals surface area contributed by atoms with E-state index in [9.17, 15) is 4.79 Å². The van der Waals surface area contributed by atoms with Crippen LogP contribution in [0.25, 0.3) is 0 Å². The fraction of sp³-hybridized carbons (Fsp3) is 0.440. The number of nitrogens with zero attached hydrogens (tertiary/aromatic N) is 1. The Morgan fingerprint density at radius 3 is 2.80 bits per heavy atom. The van der Waals surface area contributed by atoms with E-state index >= 15 is 0 Å². The molecule has 1 saturated carbocycles. The number of hydrazone groups is 1. The van der Waals surface area contributed by atoms with Crippen LogP contribution in [0.15, 0.2) is 52.2 Å². The molecule has 4 atom stereocenters. The molecule has 0 aliphatic heterocycles. The third-order valence-electron chi connectivity index (χ3n) is 5.89. The van der Waals surface area contributed by atoms with Crippen LogP contribution < -0.4 is 5.43 Å². The van der Waals surface area contributed by atoms with Crippen molar-refractivity contribution < 1.29 is 13.9 Å². The first-order valence-corrected chi connectivity index (χ1v) is 10.4. The molecule has 0 saturated heterocycles. The van der Waals surface area contributed by atoms with Crippen molar-refractivity contribution in [2.24, 2.45) is 22.4 Å². The van der Waals surface area contributed by atoms with Crippen LogP contribution in [0.2, 0.25) is 0 Å². The van der Waals surface area contributed by atoms with Crippen LogP contribution in [0.1, 0.15) is 57.1 Å². The third kappa shape index (κ3) is 4.94. The molecule has 1 aromatic heterocycles. The summed E-state index contributed by atoms with van der Waals surface area (Å²) < 4.78 is 11.3. The highest BCUT2D eigenvalue weighted by Gasteiger charge is 2.62. The number of terminal acetylenes is 1. The summed E-state index contributed by atoms with van der Waals surface area (Å²) in [6.07, 6.45) is 9.93. The normalized spacial score (nSPS) is 21.6. The molecular weight excluding hydrogens is 376 g/mol. The number of nitrogens with one attached hydrogen (secondary N) is 1. The average Bonchev–Trinajstić information content (AvgIpc) is 3.04. The summed E-state index contributed by atoms with van der Waals surface area (Å²) in [4.78, 5) is 12.8. The van der Waals surface area contributed by atoms with Crippen molar-refractivity contribution in [3.8, 4) is 12.3 Å². The second-order valence-electron chi connectivity index (χ2n) is 8.53. The van der Waals surface area contributed by atoms with E-state index in [0.29, 0.717) is 18.0 Å².